The monoisotopic (exact) mass is 213 g/mol. The molecule has 0 rings (SSSR count). The summed E-state index contributed by atoms with van der Waals surface area (Å²) in [5.41, 5.74) is -0.472. The molecule has 1 amide bonds. The lowest BCUT2D eigenvalue weighted by molar-refractivity contribution is 0.149. The van der Waals surface area contributed by atoms with Gasteiger partial charge in [-0.05, 0) is 13.8 Å². The van der Waals surface area contributed by atoms with E-state index in [1.54, 1.807) is 13.8 Å². The number of carbonyl (C=O) groups excluding carboxylic acids is 1. The van der Waals surface area contributed by atoms with Gasteiger partial charge in [-0.2, -0.15) is 5.26 Å². The summed E-state index contributed by atoms with van der Waals surface area (Å²) in [5.74, 6) is 0. The van der Waals surface area contributed by atoms with Crippen LogP contribution in [0.15, 0.2) is 5.16 Å². The number of hydrogen-bond acceptors (Lipinski definition) is 5. The number of nitriles is 1. The fourth-order valence-corrected chi connectivity index (χ4v) is 0.664. The molecule has 0 spiro atoms. The summed E-state index contributed by atoms with van der Waals surface area (Å²) in [4.78, 5) is 15.3. The van der Waals surface area contributed by atoms with Gasteiger partial charge in [-0.1, -0.05) is 5.16 Å². The normalized spacial score (nSPS) is 11.8. The van der Waals surface area contributed by atoms with E-state index in [9.17, 15) is 4.79 Å². The van der Waals surface area contributed by atoms with E-state index in [0.717, 1.165) is 0 Å². The maximum atomic E-state index is 10.8. The van der Waals surface area contributed by atoms with Crippen molar-refractivity contribution in [3.05, 3.63) is 0 Å². The van der Waals surface area contributed by atoms with Crippen LogP contribution in [0.5, 0.6) is 0 Å². The second kappa shape index (κ2) is 5.98. The van der Waals surface area contributed by atoms with Crippen molar-refractivity contribution in [2.45, 2.75) is 13.8 Å². The molecule has 0 saturated carbocycles. The predicted octanol–water partition coefficient (Wildman–Crippen LogP) is 0.895. The summed E-state index contributed by atoms with van der Waals surface area (Å²) < 4.78 is 4.86. The van der Waals surface area contributed by atoms with E-state index in [-0.39, 0.29) is 6.61 Å². The molecule has 0 aromatic rings. The molecule has 6 nitrogen and oxygen atoms in total. The highest BCUT2D eigenvalue weighted by atomic mass is 16.7. The Hall–Kier alpha value is -1.61. The van der Waals surface area contributed by atoms with Crippen LogP contribution in [0.4, 0.5) is 4.79 Å². The fraction of sp³-hybridized carbons (Fsp3) is 0.667. The minimum atomic E-state index is -0.829. The van der Waals surface area contributed by atoms with E-state index in [2.05, 4.69) is 15.3 Å². The van der Waals surface area contributed by atoms with Crippen LogP contribution in [0.25, 0.3) is 0 Å². The number of rotatable bonds is 4. The Kier molecular flexibility index (Phi) is 5.34. The molecule has 6 heteroatoms. The Labute approximate surface area is 88.8 Å². The molecule has 84 valence electrons. The number of methoxy groups -OCH3 is 1. The van der Waals surface area contributed by atoms with Gasteiger partial charge < -0.3 is 10.1 Å². The van der Waals surface area contributed by atoms with Crippen molar-refractivity contribution in [2.75, 3.05) is 20.8 Å². The minimum Gasteiger partial charge on any atom is -0.379 e. The SMILES string of the molecule is CNC(=O)ON=C(COC)C(C)(C)C#N. The Bertz CT molecular complexity index is 291. The Morgan fingerprint density at radius 1 is 1.60 bits per heavy atom. The number of nitrogens with one attached hydrogen (secondary N) is 1. The number of nitrogens with zero attached hydrogens (tertiary/aromatic N) is 2. The molecule has 0 aromatic carbocycles. The van der Waals surface area contributed by atoms with Crippen LogP contribution in [0.3, 0.4) is 0 Å². The summed E-state index contributed by atoms with van der Waals surface area (Å²) in [6.07, 6.45) is -0.683. The lowest BCUT2D eigenvalue weighted by atomic mass is 9.90. The summed E-state index contributed by atoms with van der Waals surface area (Å²) >= 11 is 0. The third kappa shape index (κ3) is 4.42. The van der Waals surface area contributed by atoms with E-state index in [1.807, 2.05) is 6.07 Å². The van der Waals surface area contributed by atoms with Crippen LogP contribution in [-0.2, 0) is 9.57 Å². The van der Waals surface area contributed by atoms with Gasteiger partial charge in [0.1, 0.15) is 5.71 Å². The molecular weight excluding hydrogens is 198 g/mol. The highest BCUT2D eigenvalue weighted by molar-refractivity contribution is 5.93. The molecular formula is C9H15N3O3. The zero-order chi connectivity index (χ0) is 11.9. The number of oxime groups is 1. The minimum absolute atomic E-state index is 0.136. The second-order valence-corrected chi connectivity index (χ2v) is 3.34. The van der Waals surface area contributed by atoms with Gasteiger partial charge in [0.25, 0.3) is 0 Å². The largest absolute Gasteiger partial charge is 0.433 e. The zero-order valence-corrected chi connectivity index (χ0v) is 9.33. The van der Waals surface area contributed by atoms with Gasteiger partial charge in [0.15, 0.2) is 0 Å². The van der Waals surface area contributed by atoms with Crippen LogP contribution in [0.1, 0.15) is 13.8 Å². The molecule has 0 aliphatic carbocycles. The Balaban J connectivity index is 4.67. The molecule has 0 aliphatic rings. The van der Waals surface area contributed by atoms with E-state index < -0.39 is 11.5 Å². The fourth-order valence-electron chi connectivity index (χ4n) is 0.664. The van der Waals surface area contributed by atoms with Crippen LogP contribution < -0.4 is 5.32 Å². The first-order valence-corrected chi connectivity index (χ1v) is 4.34. The summed E-state index contributed by atoms with van der Waals surface area (Å²) in [6.45, 7) is 3.47. The average molecular weight is 213 g/mol. The molecule has 0 saturated heterocycles. The number of carbonyl (C=O) groups is 1. The molecule has 0 unspecified atom stereocenters. The van der Waals surface area contributed by atoms with Gasteiger partial charge in [-0.3, -0.25) is 4.84 Å². The van der Waals surface area contributed by atoms with Gasteiger partial charge in [0, 0.05) is 14.2 Å². The molecule has 0 radical (unpaired) electrons. The van der Waals surface area contributed by atoms with Gasteiger partial charge >= 0.3 is 6.09 Å². The highest BCUT2D eigenvalue weighted by Crippen LogP contribution is 2.16. The number of amides is 1. The first kappa shape index (κ1) is 13.4. The van der Waals surface area contributed by atoms with Crippen molar-refractivity contribution >= 4 is 11.8 Å². The third-order valence-corrected chi connectivity index (χ3v) is 1.72. The highest BCUT2D eigenvalue weighted by Gasteiger charge is 2.25. The van der Waals surface area contributed by atoms with Crippen molar-refractivity contribution in [2.24, 2.45) is 10.6 Å². The van der Waals surface area contributed by atoms with Crippen molar-refractivity contribution in [3.8, 4) is 6.07 Å². The summed E-state index contributed by atoms with van der Waals surface area (Å²) in [6, 6.07) is 2.05. The standard InChI is InChI=1S/C9H15N3O3/c1-9(2,6-10)7(5-14-4)12-15-8(13)11-3/h5H2,1-4H3,(H,11,13). The smallest absolute Gasteiger partial charge is 0.379 e. The maximum Gasteiger partial charge on any atom is 0.433 e. The molecule has 0 heterocycles. The van der Waals surface area contributed by atoms with Crippen LogP contribution in [0.2, 0.25) is 0 Å². The molecule has 0 aliphatic heterocycles. The van der Waals surface area contributed by atoms with Crippen LogP contribution >= 0.6 is 0 Å². The van der Waals surface area contributed by atoms with E-state index >= 15 is 0 Å². The molecule has 15 heavy (non-hydrogen) atoms. The lowest BCUT2D eigenvalue weighted by Gasteiger charge is -2.16. The van der Waals surface area contributed by atoms with E-state index in [4.69, 9.17) is 10.00 Å². The lowest BCUT2D eigenvalue weighted by Crippen LogP contribution is -2.28. The molecule has 1 N–H and O–H groups in total. The average Bonchev–Trinajstić information content (AvgIpc) is 2.23. The quantitative estimate of drug-likeness (QED) is 0.427. The molecule has 0 atom stereocenters. The van der Waals surface area contributed by atoms with E-state index in [0.29, 0.717) is 5.71 Å². The van der Waals surface area contributed by atoms with Gasteiger partial charge in [-0.15, -0.1) is 0 Å². The predicted molar refractivity (Wildman–Crippen MR) is 54.2 cm³/mol. The van der Waals surface area contributed by atoms with Crippen molar-refractivity contribution in [3.63, 3.8) is 0 Å². The molecule has 0 bridgehead atoms. The number of hydrogen-bond donors (Lipinski definition) is 1. The molecule has 0 aromatic heterocycles. The van der Waals surface area contributed by atoms with Crippen LogP contribution in [-0.4, -0.2) is 32.6 Å². The zero-order valence-electron chi connectivity index (χ0n) is 9.33. The van der Waals surface area contributed by atoms with Gasteiger partial charge in [-0.25, -0.2) is 4.79 Å². The van der Waals surface area contributed by atoms with Crippen LogP contribution in [0, 0.1) is 16.7 Å². The van der Waals surface area contributed by atoms with Crippen molar-refractivity contribution < 1.29 is 14.4 Å². The summed E-state index contributed by atoms with van der Waals surface area (Å²) in [5, 5.41) is 14.7. The summed E-state index contributed by atoms with van der Waals surface area (Å²) in [7, 11) is 2.89. The van der Waals surface area contributed by atoms with Crippen molar-refractivity contribution in [1.29, 1.82) is 5.26 Å². The van der Waals surface area contributed by atoms with Gasteiger partial charge in [0.05, 0.1) is 18.1 Å². The Morgan fingerprint density at radius 2 is 2.20 bits per heavy atom. The Morgan fingerprint density at radius 3 is 2.60 bits per heavy atom. The first-order chi connectivity index (χ1) is 6.97. The third-order valence-electron chi connectivity index (χ3n) is 1.72. The molecule has 0 fully saturated rings. The maximum absolute atomic E-state index is 10.8. The second-order valence-electron chi connectivity index (χ2n) is 3.34. The first-order valence-electron chi connectivity index (χ1n) is 4.34. The topological polar surface area (TPSA) is 83.7 Å². The van der Waals surface area contributed by atoms with Crippen molar-refractivity contribution in [1.82, 2.24) is 5.32 Å². The van der Waals surface area contributed by atoms with Gasteiger partial charge in [0.2, 0.25) is 0 Å². The van der Waals surface area contributed by atoms with E-state index in [1.165, 1.54) is 14.2 Å². The number of ether oxygens (including phenoxy) is 1.